The smallest absolute Gasteiger partial charge is 0.267 e. The summed E-state index contributed by atoms with van der Waals surface area (Å²) in [7, 11) is 0. The van der Waals surface area contributed by atoms with Crippen LogP contribution < -0.4 is 0 Å². The standard InChI is InChI=1S/C8H5BrClF2NO/c9-7-4(1-10)2-13-5(3-14)6(7)8(11)12/h2-3,8H,1H2. The highest BCUT2D eigenvalue weighted by Gasteiger charge is 2.19. The maximum absolute atomic E-state index is 12.5. The highest BCUT2D eigenvalue weighted by Crippen LogP contribution is 2.32. The van der Waals surface area contributed by atoms with Crippen molar-refractivity contribution in [3.05, 3.63) is 27.5 Å². The molecule has 0 atom stereocenters. The monoisotopic (exact) mass is 283 g/mol. The lowest BCUT2D eigenvalue weighted by molar-refractivity contribution is 0.110. The summed E-state index contributed by atoms with van der Waals surface area (Å²) < 4.78 is 25.2. The molecule has 2 nitrogen and oxygen atoms in total. The number of carbonyl (C=O) groups is 1. The maximum Gasteiger partial charge on any atom is 0.267 e. The van der Waals surface area contributed by atoms with Crippen LogP contribution >= 0.6 is 27.5 Å². The van der Waals surface area contributed by atoms with Gasteiger partial charge in [-0.2, -0.15) is 0 Å². The van der Waals surface area contributed by atoms with Crippen LogP contribution in [0.1, 0.15) is 28.0 Å². The number of rotatable bonds is 3. The van der Waals surface area contributed by atoms with Gasteiger partial charge in [-0.15, -0.1) is 11.6 Å². The molecule has 0 aliphatic heterocycles. The van der Waals surface area contributed by atoms with Crippen LogP contribution in [0.15, 0.2) is 10.7 Å². The van der Waals surface area contributed by atoms with Gasteiger partial charge in [0.2, 0.25) is 0 Å². The zero-order chi connectivity index (χ0) is 10.7. The quantitative estimate of drug-likeness (QED) is 0.629. The third-order valence-corrected chi connectivity index (χ3v) is 2.85. The lowest BCUT2D eigenvalue weighted by atomic mass is 10.1. The second-order valence-electron chi connectivity index (χ2n) is 2.45. The van der Waals surface area contributed by atoms with Crippen LogP contribution in [0, 0.1) is 0 Å². The Morgan fingerprint density at radius 2 is 2.29 bits per heavy atom. The number of aldehydes is 1. The zero-order valence-electron chi connectivity index (χ0n) is 6.81. The molecule has 0 aliphatic rings. The number of nitrogens with zero attached hydrogens (tertiary/aromatic N) is 1. The van der Waals surface area contributed by atoms with Gasteiger partial charge < -0.3 is 0 Å². The molecule has 14 heavy (non-hydrogen) atoms. The fraction of sp³-hybridized carbons (Fsp3) is 0.250. The van der Waals surface area contributed by atoms with E-state index in [1.165, 1.54) is 6.20 Å². The molecular formula is C8H5BrClF2NO. The summed E-state index contributed by atoms with van der Waals surface area (Å²) in [5.41, 5.74) is -0.230. The van der Waals surface area contributed by atoms with Gasteiger partial charge >= 0.3 is 0 Å². The number of hydrogen-bond donors (Lipinski definition) is 0. The van der Waals surface area contributed by atoms with Gasteiger partial charge in [0.1, 0.15) is 5.69 Å². The molecule has 1 heterocycles. The fourth-order valence-corrected chi connectivity index (χ4v) is 1.94. The molecule has 0 radical (unpaired) electrons. The van der Waals surface area contributed by atoms with Crippen LogP contribution in [-0.4, -0.2) is 11.3 Å². The molecular weight excluding hydrogens is 279 g/mol. The van der Waals surface area contributed by atoms with Crippen molar-refractivity contribution in [2.24, 2.45) is 0 Å². The fourth-order valence-electron chi connectivity index (χ4n) is 0.954. The van der Waals surface area contributed by atoms with Gasteiger partial charge in [-0.1, -0.05) is 0 Å². The second-order valence-corrected chi connectivity index (χ2v) is 3.51. The van der Waals surface area contributed by atoms with Gasteiger partial charge in [0.25, 0.3) is 6.43 Å². The van der Waals surface area contributed by atoms with E-state index in [1.807, 2.05) is 0 Å². The van der Waals surface area contributed by atoms with Crippen LogP contribution in [0.5, 0.6) is 0 Å². The normalized spacial score (nSPS) is 10.6. The van der Waals surface area contributed by atoms with Crippen molar-refractivity contribution in [2.75, 3.05) is 0 Å². The van der Waals surface area contributed by atoms with Crippen LogP contribution in [-0.2, 0) is 5.88 Å². The summed E-state index contributed by atoms with van der Waals surface area (Å²) in [4.78, 5) is 14.0. The van der Waals surface area contributed by atoms with Crippen molar-refractivity contribution < 1.29 is 13.6 Å². The minimum Gasteiger partial charge on any atom is -0.296 e. The number of carbonyl (C=O) groups excluding carboxylic acids is 1. The molecule has 0 aromatic carbocycles. The van der Waals surface area contributed by atoms with E-state index in [4.69, 9.17) is 11.6 Å². The van der Waals surface area contributed by atoms with Crippen molar-refractivity contribution >= 4 is 33.8 Å². The van der Waals surface area contributed by atoms with Gasteiger partial charge in [-0.25, -0.2) is 8.78 Å². The van der Waals surface area contributed by atoms with E-state index in [1.54, 1.807) is 0 Å². The van der Waals surface area contributed by atoms with Crippen LogP contribution in [0.3, 0.4) is 0 Å². The third-order valence-electron chi connectivity index (χ3n) is 1.63. The summed E-state index contributed by atoms with van der Waals surface area (Å²) >= 11 is 8.47. The molecule has 1 aromatic rings. The predicted octanol–water partition coefficient (Wildman–Crippen LogP) is 3.33. The highest BCUT2D eigenvalue weighted by atomic mass is 79.9. The molecule has 0 bridgehead atoms. The van der Waals surface area contributed by atoms with Crippen LogP contribution in [0.2, 0.25) is 0 Å². The van der Waals surface area contributed by atoms with E-state index < -0.39 is 12.0 Å². The third kappa shape index (κ3) is 2.09. The lowest BCUT2D eigenvalue weighted by Gasteiger charge is -2.08. The van der Waals surface area contributed by atoms with Crippen LogP contribution in [0.4, 0.5) is 8.78 Å². The zero-order valence-corrected chi connectivity index (χ0v) is 9.15. The van der Waals surface area contributed by atoms with E-state index >= 15 is 0 Å². The van der Waals surface area contributed by atoms with Gasteiger partial charge in [-0.3, -0.25) is 9.78 Å². The van der Waals surface area contributed by atoms with Gasteiger partial charge in [-0.05, 0) is 21.5 Å². The molecule has 6 heteroatoms. The number of pyridine rings is 1. The average Bonchev–Trinajstić information content (AvgIpc) is 2.16. The first-order valence-electron chi connectivity index (χ1n) is 3.58. The highest BCUT2D eigenvalue weighted by molar-refractivity contribution is 9.10. The Labute approximate surface area is 92.4 Å². The van der Waals surface area contributed by atoms with Crippen molar-refractivity contribution in [2.45, 2.75) is 12.3 Å². The molecule has 1 aromatic heterocycles. The first-order chi connectivity index (χ1) is 6.61. The molecule has 0 spiro atoms. The van der Waals surface area contributed by atoms with Crippen molar-refractivity contribution in [3.8, 4) is 0 Å². The number of halogens is 4. The Morgan fingerprint density at radius 3 is 2.71 bits per heavy atom. The number of hydrogen-bond acceptors (Lipinski definition) is 2. The predicted molar refractivity (Wildman–Crippen MR) is 51.8 cm³/mol. The Balaban J connectivity index is 3.38. The second kappa shape index (κ2) is 4.79. The van der Waals surface area contributed by atoms with Gasteiger partial charge in [0.05, 0.1) is 11.4 Å². The molecule has 1 rings (SSSR count). The Bertz CT molecular complexity index is 359. The summed E-state index contributed by atoms with van der Waals surface area (Å²) in [6.07, 6.45) is -1.16. The maximum atomic E-state index is 12.5. The Kier molecular flexibility index (Phi) is 3.95. The van der Waals surface area contributed by atoms with Crippen LogP contribution in [0.25, 0.3) is 0 Å². The SMILES string of the molecule is O=Cc1ncc(CCl)c(Br)c1C(F)F. The Hall–Kier alpha value is -0.550. The summed E-state index contributed by atoms with van der Waals surface area (Å²) in [5, 5.41) is 0. The van der Waals surface area contributed by atoms with E-state index in [-0.39, 0.29) is 16.0 Å². The summed E-state index contributed by atoms with van der Waals surface area (Å²) in [6, 6.07) is 0. The number of aromatic nitrogens is 1. The van der Waals surface area contributed by atoms with Crippen molar-refractivity contribution in [1.29, 1.82) is 0 Å². The van der Waals surface area contributed by atoms with Crippen molar-refractivity contribution in [3.63, 3.8) is 0 Å². The van der Waals surface area contributed by atoms with E-state index in [0.29, 0.717) is 11.8 Å². The largest absolute Gasteiger partial charge is 0.296 e. The van der Waals surface area contributed by atoms with Gasteiger partial charge in [0, 0.05) is 10.7 Å². The van der Waals surface area contributed by atoms with E-state index in [0.717, 1.165) is 0 Å². The molecule has 76 valence electrons. The summed E-state index contributed by atoms with van der Waals surface area (Å²) in [5.74, 6) is 0.0619. The first-order valence-corrected chi connectivity index (χ1v) is 4.91. The number of alkyl halides is 3. The molecule has 0 N–H and O–H groups in total. The molecule has 0 aliphatic carbocycles. The molecule has 0 amide bonds. The lowest BCUT2D eigenvalue weighted by Crippen LogP contribution is -2.01. The first kappa shape index (κ1) is 11.5. The minimum atomic E-state index is -2.75. The topological polar surface area (TPSA) is 30.0 Å². The molecule has 0 unspecified atom stereocenters. The van der Waals surface area contributed by atoms with E-state index in [9.17, 15) is 13.6 Å². The molecule has 0 fully saturated rings. The van der Waals surface area contributed by atoms with Gasteiger partial charge in [0.15, 0.2) is 6.29 Å². The Morgan fingerprint density at radius 1 is 1.64 bits per heavy atom. The molecule has 0 saturated carbocycles. The van der Waals surface area contributed by atoms with E-state index in [2.05, 4.69) is 20.9 Å². The summed E-state index contributed by atoms with van der Waals surface area (Å²) in [6.45, 7) is 0. The van der Waals surface area contributed by atoms with Crippen molar-refractivity contribution in [1.82, 2.24) is 4.98 Å². The average molecular weight is 284 g/mol. The minimum absolute atomic E-state index is 0.0619. The molecule has 0 saturated heterocycles.